The molecule has 6 unspecified atom stereocenters. The highest BCUT2D eigenvalue weighted by atomic mass is 32.2. The molecule has 0 aromatic heterocycles. The van der Waals surface area contributed by atoms with Crippen LogP contribution in [0.15, 0.2) is 0 Å². The lowest BCUT2D eigenvalue weighted by atomic mass is 9.70. The van der Waals surface area contributed by atoms with E-state index in [1.165, 1.54) is 0 Å². The molecule has 5 rings (SSSR count). The molecule has 0 aromatic rings. The molecule has 5 saturated carbocycles. The van der Waals surface area contributed by atoms with Gasteiger partial charge in [0.25, 0.3) is 0 Å². The van der Waals surface area contributed by atoms with Gasteiger partial charge in [0.2, 0.25) is 20.0 Å². The summed E-state index contributed by atoms with van der Waals surface area (Å²) in [5.41, 5.74) is -1.81. The van der Waals surface area contributed by atoms with Crippen molar-refractivity contribution in [3.8, 4) is 0 Å². The lowest BCUT2D eigenvalue weighted by Gasteiger charge is -2.42. The minimum absolute atomic E-state index is 0.120. The van der Waals surface area contributed by atoms with Crippen LogP contribution in [0.3, 0.4) is 0 Å². The van der Waals surface area contributed by atoms with Crippen LogP contribution in [0.1, 0.15) is 91.9 Å². The average Bonchev–Trinajstić information content (AvgIpc) is 3.27. The van der Waals surface area contributed by atoms with E-state index in [1.807, 2.05) is 0 Å². The highest BCUT2D eigenvalue weighted by Gasteiger charge is 2.66. The summed E-state index contributed by atoms with van der Waals surface area (Å²) in [4.78, 5) is 0. The van der Waals surface area contributed by atoms with E-state index in [0.29, 0.717) is 50.4 Å². The van der Waals surface area contributed by atoms with Crippen molar-refractivity contribution in [2.24, 2.45) is 33.5 Å². The van der Waals surface area contributed by atoms with Crippen LogP contribution in [0.4, 0.5) is 0 Å². The Morgan fingerprint density at radius 2 is 1.03 bits per heavy atom. The predicted molar refractivity (Wildman–Crippen MR) is 139 cm³/mol. The summed E-state index contributed by atoms with van der Waals surface area (Å²) in [5.74, 6) is 0.431. The van der Waals surface area contributed by atoms with Crippen molar-refractivity contribution in [1.82, 2.24) is 9.44 Å². The molecule has 8 atom stereocenters. The first kappa shape index (κ1) is 27.3. The molecule has 8 nitrogen and oxygen atoms in total. The van der Waals surface area contributed by atoms with Crippen LogP contribution in [-0.2, 0) is 20.0 Å². The molecule has 0 radical (unpaired) electrons. The summed E-state index contributed by atoms with van der Waals surface area (Å²) in [6.07, 6.45) is 6.17. The maximum Gasteiger partial charge on any atom is 0.212 e. The van der Waals surface area contributed by atoms with Gasteiger partial charge in [-0.2, -0.15) is 0 Å². The Hall–Kier alpha value is -0.260. The Morgan fingerprint density at radius 1 is 0.667 bits per heavy atom. The third-order valence-corrected chi connectivity index (χ3v) is 15.2. The topological polar surface area (TPSA) is 133 Å². The van der Waals surface area contributed by atoms with E-state index in [-0.39, 0.29) is 22.3 Å². The minimum Gasteiger partial charge on any atom is -0.392 e. The van der Waals surface area contributed by atoms with Crippen molar-refractivity contribution >= 4 is 20.0 Å². The molecule has 0 heterocycles. The monoisotopic (exact) mass is 546 g/mol. The Kier molecular flexibility index (Phi) is 6.54. The maximum atomic E-state index is 13.5. The van der Waals surface area contributed by atoms with Crippen LogP contribution in [0, 0.1) is 33.5 Å². The van der Waals surface area contributed by atoms with Crippen LogP contribution in [0.25, 0.3) is 0 Å². The van der Waals surface area contributed by atoms with Crippen LogP contribution in [0.5, 0.6) is 0 Å². The van der Waals surface area contributed by atoms with Crippen LogP contribution < -0.4 is 9.44 Å². The summed E-state index contributed by atoms with van der Waals surface area (Å²) in [7, 11) is -7.49. The van der Waals surface area contributed by atoms with Crippen molar-refractivity contribution < 1.29 is 27.0 Å². The van der Waals surface area contributed by atoms with E-state index in [2.05, 4.69) is 37.1 Å². The highest BCUT2D eigenvalue weighted by Crippen LogP contribution is 2.67. The lowest BCUT2D eigenvalue weighted by molar-refractivity contribution is 0.0148. The number of fused-ring (bicyclic) bond motifs is 4. The number of hydrogen-bond donors (Lipinski definition) is 4. The Labute approximate surface area is 217 Å². The van der Waals surface area contributed by atoms with E-state index in [9.17, 15) is 27.0 Å². The van der Waals surface area contributed by atoms with Gasteiger partial charge in [0.1, 0.15) is 0 Å². The van der Waals surface area contributed by atoms with Crippen molar-refractivity contribution in [3.05, 3.63) is 0 Å². The van der Waals surface area contributed by atoms with Gasteiger partial charge in [0, 0.05) is 22.9 Å². The SMILES string of the molecule is CC1(C)C2CCC1(CS(=O)(=O)N[C@H]1CCCC[C@@H]1NS(=O)(=O)CC13CCC(CC1O)C3(C)C)C(O)C2. The fourth-order valence-corrected chi connectivity index (χ4v) is 13.8. The van der Waals surface area contributed by atoms with Crippen LogP contribution >= 0.6 is 0 Å². The molecule has 0 amide bonds. The number of hydrogen-bond acceptors (Lipinski definition) is 6. The molecule has 0 saturated heterocycles. The van der Waals surface area contributed by atoms with Gasteiger partial charge in [-0.05, 0) is 74.0 Å². The predicted octanol–water partition coefficient (Wildman–Crippen LogP) is 2.51. The van der Waals surface area contributed by atoms with Crippen LogP contribution in [-0.4, -0.2) is 62.8 Å². The summed E-state index contributed by atoms with van der Waals surface area (Å²) in [6.45, 7) is 8.33. The van der Waals surface area contributed by atoms with Gasteiger partial charge in [-0.25, -0.2) is 26.3 Å². The summed E-state index contributed by atoms with van der Waals surface area (Å²) in [5, 5.41) is 21.7. The van der Waals surface area contributed by atoms with Crippen molar-refractivity contribution in [2.75, 3.05) is 11.5 Å². The molecule has 5 aliphatic rings. The van der Waals surface area contributed by atoms with Gasteiger partial charge >= 0.3 is 0 Å². The van der Waals surface area contributed by atoms with Crippen molar-refractivity contribution in [2.45, 2.75) is 116 Å². The number of aliphatic hydroxyl groups is 2. The van der Waals surface area contributed by atoms with E-state index in [4.69, 9.17) is 0 Å². The molecular weight excluding hydrogens is 500 g/mol. The number of nitrogens with one attached hydrogen (secondary N) is 2. The zero-order valence-corrected chi connectivity index (χ0v) is 23.9. The highest BCUT2D eigenvalue weighted by molar-refractivity contribution is 7.89. The van der Waals surface area contributed by atoms with Gasteiger partial charge < -0.3 is 10.2 Å². The third kappa shape index (κ3) is 4.03. The third-order valence-electron chi connectivity index (χ3n) is 12.1. The smallest absolute Gasteiger partial charge is 0.212 e. The summed E-state index contributed by atoms with van der Waals surface area (Å²) < 4.78 is 59.6. The molecule has 4 N–H and O–H groups in total. The number of aliphatic hydroxyl groups excluding tert-OH is 2. The first-order chi connectivity index (χ1) is 16.6. The first-order valence-electron chi connectivity index (χ1n) is 13.9. The first-order valence-corrected chi connectivity index (χ1v) is 17.2. The average molecular weight is 547 g/mol. The Balaban J connectivity index is 1.30. The molecule has 208 valence electrons. The lowest BCUT2D eigenvalue weighted by Crippen LogP contribution is -2.57. The molecule has 36 heavy (non-hydrogen) atoms. The van der Waals surface area contributed by atoms with E-state index < -0.39 is 55.2 Å². The van der Waals surface area contributed by atoms with E-state index >= 15 is 0 Å². The van der Waals surface area contributed by atoms with E-state index in [0.717, 1.165) is 25.7 Å². The molecule has 5 aliphatic carbocycles. The fourth-order valence-electron chi connectivity index (χ4n) is 9.39. The molecule has 0 spiro atoms. The largest absolute Gasteiger partial charge is 0.392 e. The zero-order valence-electron chi connectivity index (χ0n) is 22.3. The van der Waals surface area contributed by atoms with Crippen LogP contribution in [0.2, 0.25) is 0 Å². The molecule has 5 fully saturated rings. The zero-order chi connectivity index (χ0) is 26.4. The number of rotatable bonds is 8. The second kappa shape index (κ2) is 8.62. The second-order valence-corrected chi connectivity index (χ2v) is 17.5. The molecule has 0 aromatic carbocycles. The summed E-state index contributed by atoms with van der Waals surface area (Å²) in [6, 6.07) is -1.02. The molecular formula is C26H46N2O6S2. The van der Waals surface area contributed by atoms with E-state index in [1.54, 1.807) is 0 Å². The Morgan fingerprint density at radius 3 is 1.31 bits per heavy atom. The van der Waals surface area contributed by atoms with Gasteiger partial charge in [-0.15, -0.1) is 0 Å². The van der Waals surface area contributed by atoms with Gasteiger partial charge in [0.05, 0.1) is 23.7 Å². The van der Waals surface area contributed by atoms with Gasteiger partial charge in [-0.3, -0.25) is 0 Å². The molecule has 10 heteroatoms. The Bertz CT molecular complexity index is 1000. The normalized spacial score (nSPS) is 45.4. The quantitative estimate of drug-likeness (QED) is 0.370. The minimum atomic E-state index is -3.75. The van der Waals surface area contributed by atoms with Crippen molar-refractivity contribution in [3.63, 3.8) is 0 Å². The fraction of sp³-hybridized carbons (Fsp3) is 1.00. The molecule has 0 aliphatic heterocycles. The standard InChI is InChI=1S/C26H46N2O6S2/c1-23(2)17-9-11-25(23,21(29)13-17)15-35(31,32)27-19-7-5-6-8-20(19)28-36(33,34)16-26-12-10-18(14-22(26)30)24(26,3)4/h17-22,27-30H,5-16H2,1-4H3/t17?,18?,19-,20-,21?,22?,25?,26?/m0/s1. The van der Waals surface area contributed by atoms with Gasteiger partial charge in [-0.1, -0.05) is 40.5 Å². The number of sulfonamides is 2. The summed E-state index contributed by atoms with van der Waals surface area (Å²) >= 11 is 0. The maximum absolute atomic E-state index is 13.5. The van der Waals surface area contributed by atoms with Crippen molar-refractivity contribution in [1.29, 1.82) is 0 Å². The molecule has 4 bridgehead atoms. The van der Waals surface area contributed by atoms with Gasteiger partial charge in [0.15, 0.2) is 0 Å². The second-order valence-electron chi connectivity index (χ2n) is 14.0.